The Morgan fingerprint density at radius 2 is 1.70 bits per heavy atom. The number of aryl methyl sites for hydroxylation is 1. The lowest BCUT2D eigenvalue weighted by Crippen LogP contribution is -2.23. The number of carbonyl (C=O) groups excluding carboxylic acids is 1. The molecular formula is C26H25N5O2. The summed E-state index contributed by atoms with van der Waals surface area (Å²) in [4.78, 5) is 15.0. The molecule has 7 nitrogen and oxygen atoms in total. The minimum absolute atomic E-state index is 0.0766. The van der Waals surface area contributed by atoms with Gasteiger partial charge in [-0.05, 0) is 54.8 Å². The Bertz CT molecular complexity index is 1340. The third-order valence-electron chi connectivity index (χ3n) is 5.96. The molecule has 0 saturated carbocycles. The second kappa shape index (κ2) is 8.78. The molecule has 1 amide bonds. The van der Waals surface area contributed by atoms with Crippen molar-refractivity contribution in [2.24, 2.45) is 5.10 Å². The number of anilines is 1. The van der Waals surface area contributed by atoms with E-state index in [9.17, 15) is 9.90 Å². The summed E-state index contributed by atoms with van der Waals surface area (Å²) in [6, 6.07) is 20.9. The van der Waals surface area contributed by atoms with Crippen LogP contribution in [-0.4, -0.2) is 40.1 Å². The largest absolute Gasteiger partial charge is 0.507 e. The zero-order valence-corrected chi connectivity index (χ0v) is 18.4. The van der Waals surface area contributed by atoms with Crippen molar-refractivity contribution in [3.8, 4) is 11.4 Å². The van der Waals surface area contributed by atoms with E-state index in [1.807, 2.05) is 66.2 Å². The Kier molecular flexibility index (Phi) is 5.52. The number of fused-ring (bicyclic) bond motifs is 1. The Morgan fingerprint density at radius 3 is 2.42 bits per heavy atom. The number of hydrogen-bond acceptors (Lipinski definition) is 5. The molecule has 2 N–H and O–H groups in total. The number of nitrogens with zero attached hydrogens (tertiary/aromatic N) is 4. The van der Waals surface area contributed by atoms with Crippen molar-refractivity contribution < 1.29 is 9.90 Å². The third kappa shape index (κ3) is 4.05. The zero-order valence-electron chi connectivity index (χ0n) is 18.4. The normalized spacial score (nSPS) is 13.8. The fraction of sp³-hybridized carbons (Fsp3) is 0.192. The number of para-hydroxylation sites is 1. The summed E-state index contributed by atoms with van der Waals surface area (Å²) in [6.07, 6.45) is 3.91. The van der Waals surface area contributed by atoms with Gasteiger partial charge in [0.2, 0.25) is 0 Å². The molecule has 0 radical (unpaired) electrons. The number of benzene rings is 3. The van der Waals surface area contributed by atoms with Crippen LogP contribution in [0.2, 0.25) is 0 Å². The SMILES string of the molecule is Cc1nn(-c2ccccc2)c(N2CCCC2)c1/C=N\NC(=O)c1cc2ccccc2cc1O. The molecule has 1 aliphatic heterocycles. The minimum atomic E-state index is -0.467. The standard InChI is InChI=1S/C26H25N5O2/c1-18-23(26(30-13-7-8-14-30)31(29-18)21-11-3-2-4-12-21)17-27-28-25(33)22-15-19-9-5-6-10-20(19)16-24(22)32/h2-6,9-12,15-17,32H,7-8,13-14H2,1H3,(H,28,33)/b27-17-. The molecule has 5 rings (SSSR count). The lowest BCUT2D eigenvalue weighted by molar-refractivity contribution is 0.0952. The van der Waals surface area contributed by atoms with Crippen molar-refractivity contribution >= 4 is 28.7 Å². The van der Waals surface area contributed by atoms with Crippen LogP contribution in [0.3, 0.4) is 0 Å². The predicted octanol–water partition coefficient (Wildman–Crippen LogP) is 4.40. The van der Waals surface area contributed by atoms with E-state index < -0.39 is 5.91 Å². The number of rotatable bonds is 5. The highest BCUT2D eigenvalue weighted by molar-refractivity contribution is 6.02. The first-order valence-corrected chi connectivity index (χ1v) is 11.1. The van der Waals surface area contributed by atoms with E-state index in [-0.39, 0.29) is 11.3 Å². The Hall–Kier alpha value is -4.13. The summed E-state index contributed by atoms with van der Waals surface area (Å²) in [5, 5.41) is 21.1. The van der Waals surface area contributed by atoms with Crippen LogP contribution in [-0.2, 0) is 0 Å². The molecule has 1 aliphatic rings. The van der Waals surface area contributed by atoms with Crippen molar-refractivity contribution in [3.63, 3.8) is 0 Å². The molecule has 0 bridgehead atoms. The van der Waals surface area contributed by atoms with Crippen LogP contribution in [0, 0.1) is 6.92 Å². The third-order valence-corrected chi connectivity index (χ3v) is 5.96. The summed E-state index contributed by atoms with van der Waals surface area (Å²) < 4.78 is 1.94. The lowest BCUT2D eigenvalue weighted by Gasteiger charge is -2.20. The second-order valence-electron chi connectivity index (χ2n) is 8.18. The summed E-state index contributed by atoms with van der Waals surface area (Å²) in [6.45, 7) is 3.85. The van der Waals surface area contributed by atoms with Gasteiger partial charge in [0, 0.05) is 13.1 Å². The van der Waals surface area contributed by atoms with E-state index in [1.165, 1.54) is 0 Å². The van der Waals surface area contributed by atoms with Gasteiger partial charge in [-0.25, -0.2) is 10.1 Å². The predicted molar refractivity (Wildman–Crippen MR) is 130 cm³/mol. The van der Waals surface area contributed by atoms with Gasteiger partial charge in [0.25, 0.3) is 5.91 Å². The van der Waals surface area contributed by atoms with Crippen LogP contribution >= 0.6 is 0 Å². The Labute approximate surface area is 192 Å². The molecule has 4 aromatic rings. The molecule has 7 heteroatoms. The molecule has 2 heterocycles. The van der Waals surface area contributed by atoms with Crippen molar-refractivity contribution in [1.29, 1.82) is 0 Å². The first-order chi connectivity index (χ1) is 16.1. The van der Waals surface area contributed by atoms with Crippen molar-refractivity contribution in [2.45, 2.75) is 19.8 Å². The van der Waals surface area contributed by atoms with Gasteiger partial charge in [0.05, 0.1) is 28.7 Å². The maximum Gasteiger partial charge on any atom is 0.275 e. The average Bonchev–Trinajstić information content (AvgIpc) is 3.47. The van der Waals surface area contributed by atoms with Crippen molar-refractivity contribution in [1.82, 2.24) is 15.2 Å². The quantitative estimate of drug-likeness (QED) is 0.357. The number of hydrazone groups is 1. The van der Waals surface area contributed by atoms with Crippen LogP contribution in [0.1, 0.15) is 34.5 Å². The fourth-order valence-corrected chi connectivity index (χ4v) is 4.29. The van der Waals surface area contributed by atoms with Gasteiger partial charge < -0.3 is 10.0 Å². The lowest BCUT2D eigenvalue weighted by atomic mass is 10.1. The second-order valence-corrected chi connectivity index (χ2v) is 8.18. The van der Waals surface area contributed by atoms with Gasteiger partial charge in [-0.1, -0.05) is 42.5 Å². The van der Waals surface area contributed by atoms with Gasteiger partial charge in [0.1, 0.15) is 11.6 Å². The van der Waals surface area contributed by atoms with Gasteiger partial charge in [-0.15, -0.1) is 0 Å². The molecule has 3 aromatic carbocycles. The van der Waals surface area contributed by atoms with Crippen molar-refractivity contribution in [2.75, 3.05) is 18.0 Å². The molecule has 0 atom stereocenters. The van der Waals surface area contributed by atoms with E-state index in [0.29, 0.717) is 0 Å². The maximum absolute atomic E-state index is 12.7. The van der Waals surface area contributed by atoms with Crippen LogP contribution in [0.15, 0.2) is 71.8 Å². The van der Waals surface area contributed by atoms with Crippen LogP contribution in [0.25, 0.3) is 16.5 Å². The van der Waals surface area contributed by atoms with Gasteiger partial charge in [0.15, 0.2) is 0 Å². The highest BCUT2D eigenvalue weighted by Gasteiger charge is 2.23. The van der Waals surface area contributed by atoms with Gasteiger partial charge >= 0.3 is 0 Å². The number of amides is 1. The van der Waals surface area contributed by atoms with Crippen LogP contribution in [0.5, 0.6) is 5.75 Å². The molecule has 1 saturated heterocycles. The number of aromatic hydroxyl groups is 1. The molecule has 0 aliphatic carbocycles. The molecule has 33 heavy (non-hydrogen) atoms. The minimum Gasteiger partial charge on any atom is -0.507 e. The smallest absolute Gasteiger partial charge is 0.275 e. The summed E-state index contributed by atoms with van der Waals surface area (Å²) in [7, 11) is 0. The number of phenolic OH excluding ortho intramolecular Hbond substituents is 1. The molecule has 0 spiro atoms. The maximum atomic E-state index is 12.7. The van der Waals surface area contributed by atoms with E-state index >= 15 is 0 Å². The summed E-state index contributed by atoms with van der Waals surface area (Å²) >= 11 is 0. The Morgan fingerprint density at radius 1 is 1.03 bits per heavy atom. The van der Waals surface area contributed by atoms with Gasteiger partial charge in [-0.3, -0.25) is 4.79 Å². The van der Waals surface area contributed by atoms with E-state index in [2.05, 4.69) is 15.4 Å². The number of phenols is 1. The highest BCUT2D eigenvalue weighted by Crippen LogP contribution is 2.29. The van der Waals surface area contributed by atoms with E-state index in [4.69, 9.17) is 5.10 Å². The number of hydrogen-bond donors (Lipinski definition) is 2. The molecule has 166 valence electrons. The summed E-state index contributed by atoms with van der Waals surface area (Å²) in [5.41, 5.74) is 5.41. The number of aromatic nitrogens is 2. The highest BCUT2D eigenvalue weighted by atomic mass is 16.3. The van der Waals surface area contributed by atoms with E-state index in [0.717, 1.165) is 59.5 Å². The van der Waals surface area contributed by atoms with Crippen molar-refractivity contribution in [3.05, 3.63) is 83.6 Å². The summed E-state index contributed by atoms with van der Waals surface area (Å²) in [5.74, 6) is 0.431. The first-order valence-electron chi connectivity index (χ1n) is 11.1. The fourth-order valence-electron chi connectivity index (χ4n) is 4.29. The topological polar surface area (TPSA) is 82.8 Å². The number of nitrogens with one attached hydrogen (secondary N) is 1. The zero-order chi connectivity index (χ0) is 22.8. The number of carbonyl (C=O) groups is 1. The van der Waals surface area contributed by atoms with E-state index in [1.54, 1.807) is 18.3 Å². The Balaban J connectivity index is 1.44. The monoisotopic (exact) mass is 439 g/mol. The molecule has 0 unspecified atom stereocenters. The van der Waals surface area contributed by atoms with Crippen LogP contribution < -0.4 is 10.3 Å². The van der Waals surface area contributed by atoms with Gasteiger partial charge in [-0.2, -0.15) is 10.2 Å². The molecule has 1 fully saturated rings. The average molecular weight is 440 g/mol. The first kappa shape index (κ1) is 20.8. The molecule has 1 aromatic heterocycles. The molecular weight excluding hydrogens is 414 g/mol. The van der Waals surface area contributed by atoms with Crippen LogP contribution in [0.4, 0.5) is 5.82 Å².